The fourth-order valence-corrected chi connectivity index (χ4v) is 7.03. The number of nitrogens with one attached hydrogen (secondary N) is 2. The van der Waals surface area contributed by atoms with Crippen molar-refractivity contribution in [3.63, 3.8) is 0 Å². The first-order valence-electron chi connectivity index (χ1n) is 14.8. The Kier molecular flexibility index (Phi) is 11.3. The Balaban J connectivity index is 1.49. The Morgan fingerprint density at radius 2 is 1.73 bits per heavy atom. The quantitative estimate of drug-likeness (QED) is 0.312. The van der Waals surface area contributed by atoms with Gasteiger partial charge in [0, 0.05) is 19.0 Å². The Morgan fingerprint density at radius 3 is 2.41 bits per heavy atom. The molecule has 2 N–H and O–H groups in total. The number of alkyl carbamates (subject to hydrolysis) is 1. The minimum atomic E-state index is -4.73. The first-order chi connectivity index (χ1) is 21.0. The lowest BCUT2D eigenvalue weighted by Gasteiger charge is -2.34. The van der Waals surface area contributed by atoms with E-state index in [0.717, 1.165) is 60.2 Å². The molecule has 9 nitrogen and oxygen atoms in total. The monoisotopic (exact) mass is 637 g/mol. The van der Waals surface area contributed by atoms with Gasteiger partial charge in [-0.25, -0.2) is 13.2 Å². The molecule has 1 aliphatic heterocycles. The molecule has 0 spiro atoms. The van der Waals surface area contributed by atoms with Crippen molar-refractivity contribution < 1.29 is 40.7 Å². The lowest BCUT2D eigenvalue weighted by molar-refractivity contribution is -0.137. The van der Waals surface area contributed by atoms with Gasteiger partial charge in [-0.05, 0) is 68.0 Å². The van der Waals surface area contributed by atoms with Crippen molar-refractivity contribution in [2.24, 2.45) is 0 Å². The van der Waals surface area contributed by atoms with Crippen molar-refractivity contribution in [1.82, 2.24) is 14.9 Å². The van der Waals surface area contributed by atoms with Gasteiger partial charge in [-0.1, -0.05) is 50.1 Å². The molecule has 1 saturated carbocycles. The molecule has 2 amide bonds. The van der Waals surface area contributed by atoms with E-state index in [2.05, 4.69) is 17.2 Å². The van der Waals surface area contributed by atoms with Gasteiger partial charge in [0.25, 0.3) is 0 Å². The molecule has 2 aromatic carbocycles. The summed E-state index contributed by atoms with van der Waals surface area (Å²) >= 11 is 0. The molecule has 2 atom stereocenters. The van der Waals surface area contributed by atoms with Crippen molar-refractivity contribution in [1.29, 1.82) is 0 Å². The molecule has 1 heterocycles. The molecule has 2 aliphatic rings. The predicted molar refractivity (Wildman–Crippen MR) is 157 cm³/mol. The average Bonchev–Trinajstić information content (AvgIpc) is 3.00. The van der Waals surface area contributed by atoms with Crippen molar-refractivity contribution in [3.8, 4) is 5.75 Å². The van der Waals surface area contributed by atoms with Crippen molar-refractivity contribution in [2.75, 3.05) is 13.2 Å². The zero-order valence-electron chi connectivity index (χ0n) is 24.4. The first kappa shape index (κ1) is 33.3. The summed E-state index contributed by atoms with van der Waals surface area (Å²) < 4.78 is 78.6. The van der Waals surface area contributed by atoms with Crippen molar-refractivity contribution in [2.45, 2.75) is 87.2 Å². The van der Waals surface area contributed by atoms with E-state index in [-0.39, 0.29) is 25.4 Å². The van der Waals surface area contributed by atoms with Gasteiger partial charge in [0.1, 0.15) is 18.4 Å². The summed E-state index contributed by atoms with van der Waals surface area (Å²) in [5.41, 5.74) is -0.357. The number of carbonyl (C=O) groups excluding carboxylic acids is 2. The molecular formula is C31H38F3N3O6S. The van der Waals surface area contributed by atoms with Gasteiger partial charge in [-0.3, -0.25) is 4.79 Å². The highest BCUT2D eigenvalue weighted by atomic mass is 32.2. The molecule has 240 valence electrons. The number of benzene rings is 2. The molecule has 0 unspecified atom stereocenters. The third kappa shape index (κ3) is 8.98. The maximum absolute atomic E-state index is 13.4. The minimum absolute atomic E-state index is 0.0160. The van der Waals surface area contributed by atoms with Gasteiger partial charge in [0.05, 0.1) is 10.5 Å². The number of halogens is 3. The highest BCUT2D eigenvalue weighted by Crippen LogP contribution is 2.33. The van der Waals surface area contributed by atoms with Crippen LogP contribution < -0.4 is 15.4 Å². The second kappa shape index (κ2) is 14.9. The van der Waals surface area contributed by atoms with Crippen LogP contribution in [0.1, 0.15) is 62.5 Å². The Hall–Kier alpha value is -3.58. The number of amides is 2. The minimum Gasteiger partial charge on any atom is -0.490 e. The number of hydrogen-bond donors (Lipinski definition) is 2. The zero-order valence-corrected chi connectivity index (χ0v) is 25.2. The van der Waals surface area contributed by atoms with E-state index in [4.69, 9.17) is 9.47 Å². The summed E-state index contributed by atoms with van der Waals surface area (Å²) in [4.78, 5) is 26.0. The molecule has 0 bridgehead atoms. The maximum atomic E-state index is 13.4. The molecule has 2 aromatic rings. The van der Waals surface area contributed by atoms with E-state index < -0.39 is 50.9 Å². The van der Waals surface area contributed by atoms with Gasteiger partial charge in [0.2, 0.25) is 15.9 Å². The van der Waals surface area contributed by atoms with Crippen LogP contribution in [0.5, 0.6) is 5.75 Å². The fraction of sp³-hybridized carbons (Fsp3) is 0.484. The van der Waals surface area contributed by atoms with Crippen LogP contribution in [0, 0.1) is 0 Å². The highest BCUT2D eigenvalue weighted by molar-refractivity contribution is 7.89. The SMILES string of the molecule is C=CCOc1ccc(C[C@H](NC(=O)O[C@H]2CCCCN2S(=O)(=O)c2cccc(C(F)(F)F)c2)C(=O)NC2CCCCC2)cc1. The number of nitrogens with zero attached hydrogens (tertiary/aromatic N) is 1. The second-order valence-corrected chi connectivity index (χ2v) is 12.9. The standard InChI is InChI=1S/C31H38F3N3O6S/c1-2-19-42-25-16-14-22(15-17-25)20-27(29(38)35-24-10-4-3-5-11-24)36-30(39)43-28-13-6-7-18-37(28)44(40,41)26-12-8-9-23(21-26)31(32,33)34/h2,8-9,12,14-17,21,24,27-28H,1,3-7,10-11,13,18-20H2,(H,35,38)(H,36,39)/t27-,28-/m0/s1. The smallest absolute Gasteiger partial charge is 0.416 e. The molecule has 44 heavy (non-hydrogen) atoms. The number of hydrogen-bond acceptors (Lipinski definition) is 6. The summed E-state index contributed by atoms with van der Waals surface area (Å²) in [6.45, 7) is 3.91. The van der Waals surface area contributed by atoms with Crippen LogP contribution in [0.3, 0.4) is 0 Å². The largest absolute Gasteiger partial charge is 0.490 e. The third-order valence-electron chi connectivity index (χ3n) is 7.70. The Bertz CT molecular complexity index is 1400. The van der Waals surface area contributed by atoms with Crippen LogP contribution >= 0.6 is 0 Å². The van der Waals surface area contributed by atoms with Crippen LogP contribution in [0.15, 0.2) is 66.1 Å². The van der Waals surface area contributed by atoms with E-state index in [9.17, 15) is 31.2 Å². The average molecular weight is 638 g/mol. The molecule has 4 rings (SSSR count). The molecule has 0 radical (unpaired) electrons. The molecular weight excluding hydrogens is 599 g/mol. The summed E-state index contributed by atoms with van der Waals surface area (Å²) in [6.07, 6.45) is 0.655. The number of ether oxygens (including phenoxy) is 2. The van der Waals surface area contributed by atoms with Crippen molar-refractivity contribution in [3.05, 3.63) is 72.3 Å². The van der Waals surface area contributed by atoms with Crippen LogP contribution in [0.2, 0.25) is 0 Å². The Labute approximate surface area is 255 Å². The normalized spacial score (nSPS) is 19.0. The van der Waals surface area contributed by atoms with E-state index >= 15 is 0 Å². The van der Waals surface area contributed by atoms with Gasteiger partial charge in [0.15, 0.2) is 6.23 Å². The zero-order chi connectivity index (χ0) is 31.7. The summed E-state index contributed by atoms with van der Waals surface area (Å²) in [6, 6.07) is 9.45. The summed E-state index contributed by atoms with van der Waals surface area (Å²) in [7, 11) is -4.43. The van der Waals surface area contributed by atoms with E-state index in [1.54, 1.807) is 30.3 Å². The summed E-state index contributed by atoms with van der Waals surface area (Å²) in [5, 5.41) is 5.62. The van der Waals surface area contributed by atoms with Crippen molar-refractivity contribution >= 4 is 22.0 Å². The molecule has 2 fully saturated rings. The molecule has 13 heteroatoms. The highest BCUT2D eigenvalue weighted by Gasteiger charge is 2.38. The maximum Gasteiger partial charge on any atom is 0.416 e. The molecule has 1 saturated heterocycles. The first-order valence-corrected chi connectivity index (χ1v) is 16.2. The van der Waals surface area contributed by atoms with E-state index in [1.807, 2.05) is 0 Å². The van der Waals surface area contributed by atoms with Gasteiger partial charge in [-0.2, -0.15) is 17.5 Å². The predicted octanol–water partition coefficient (Wildman–Crippen LogP) is 5.56. The number of piperidine rings is 1. The van der Waals surface area contributed by atoms with Gasteiger partial charge < -0.3 is 20.1 Å². The number of sulfonamides is 1. The molecule has 0 aromatic heterocycles. The summed E-state index contributed by atoms with van der Waals surface area (Å²) in [5.74, 6) is 0.224. The fourth-order valence-electron chi connectivity index (χ4n) is 5.41. The van der Waals surface area contributed by atoms with Crippen LogP contribution in [-0.4, -0.2) is 56.2 Å². The van der Waals surface area contributed by atoms with Crippen LogP contribution in [-0.2, 0) is 32.2 Å². The third-order valence-corrected chi connectivity index (χ3v) is 9.59. The van der Waals surface area contributed by atoms with Gasteiger partial charge >= 0.3 is 12.3 Å². The van der Waals surface area contributed by atoms with Crippen LogP contribution in [0.25, 0.3) is 0 Å². The van der Waals surface area contributed by atoms with E-state index in [0.29, 0.717) is 31.3 Å². The molecule has 1 aliphatic carbocycles. The topological polar surface area (TPSA) is 114 Å². The van der Waals surface area contributed by atoms with Crippen LogP contribution in [0.4, 0.5) is 18.0 Å². The Morgan fingerprint density at radius 1 is 1.02 bits per heavy atom. The lowest BCUT2D eigenvalue weighted by atomic mass is 9.95. The lowest BCUT2D eigenvalue weighted by Crippen LogP contribution is -2.53. The van der Waals surface area contributed by atoms with E-state index in [1.165, 1.54) is 0 Å². The number of alkyl halides is 3. The van der Waals surface area contributed by atoms with Gasteiger partial charge in [-0.15, -0.1) is 0 Å². The second-order valence-electron chi connectivity index (χ2n) is 11.0. The number of carbonyl (C=O) groups is 2. The number of rotatable bonds is 11.